The molecule has 1 aliphatic carbocycles. The minimum Gasteiger partial charge on any atom is -0.508 e. The molecule has 0 bridgehead atoms. The fourth-order valence-corrected chi connectivity index (χ4v) is 8.07. The number of aromatic hydroxyl groups is 4. The van der Waals surface area contributed by atoms with Crippen molar-refractivity contribution in [3.05, 3.63) is 110 Å². The van der Waals surface area contributed by atoms with Crippen molar-refractivity contribution in [3.8, 4) is 45.7 Å². The highest BCUT2D eigenvalue weighted by Gasteiger charge is 2.45. The number of esters is 1. The molecule has 0 unspecified atom stereocenters. The first-order chi connectivity index (χ1) is 28.2. The number of aliphatic hydroxyl groups is 1. The first-order valence-electron chi connectivity index (χ1n) is 19.2. The van der Waals surface area contributed by atoms with Crippen molar-refractivity contribution in [2.45, 2.75) is 70.6 Å². The minimum atomic E-state index is -1.79. The Kier molecular flexibility index (Phi) is 10.9. The minimum absolute atomic E-state index is 0.0163. The number of fused-ring (bicyclic) bond motifs is 6. The van der Waals surface area contributed by atoms with E-state index in [2.05, 4.69) is 0 Å². The second-order valence-corrected chi connectivity index (χ2v) is 15.1. The number of nitrogens with zero attached hydrogens (tertiary/aromatic N) is 2. The van der Waals surface area contributed by atoms with Crippen molar-refractivity contribution >= 4 is 33.8 Å². The van der Waals surface area contributed by atoms with Crippen LogP contribution in [0.25, 0.3) is 44.6 Å². The molecule has 3 aromatic carbocycles. The van der Waals surface area contributed by atoms with Crippen LogP contribution in [0.4, 0.5) is 0 Å². The molecule has 6 aromatic rings. The number of cyclic esters (lactones) is 1. The zero-order valence-electron chi connectivity index (χ0n) is 32.1. The lowest BCUT2D eigenvalue weighted by molar-refractivity contribution is -0.172. The normalized spacial score (nSPS) is 17.4. The van der Waals surface area contributed by atoms with Gasteiger partial charge in [0.25, 0.3) is 5.56 Å². The van der Waals surface area contributed by atoms with E-state index in [9.17, 15) is 44.7 Å². The van der Waals surface area contributed by atoms with Gasteiger partial charge >= 0.3 is 11.9 Å². The zero-order valence-corrected chi connectivity index (χ0v) is 32.1. The predicted molar refractivity (Wildman–Crippen MR) is 216 cm³/mol. The number of carbonyl (C=O) groups is 2. The Morgan fingerprint density at radius 2 is 1.64 bits per heavy atom. The molecule has 8 N–H and O–H groups in total. The lowest BCUT2D eigenvalue weighted by atomic mass is 9.72. The molecule has 0 radical (unpaired) electrons. The van der Waals surface area contributed by atoms with Crippen molar-refractivity contribution in [2.24, 2.45) is 11.1 Å². The molecule has 1 fully saturated rings. The smallest absolute Gasteiger partial charge is 0.343 e. The molecule has 0 amide bonds. The number of benzene rings is 3. The standard InChI is InChI=1S/C20H16N2O4.C15H10O6.C9H17NO2/c1-2-20(25)14-8-16-17-12(7-11-5-3-4-6-15(11)21-17)9-22(16)18(23)13(14)10-26-19(20)24;16-8-4-11(19)15-12(20)6-13(21-14(15)5-8)7-1-2-9(17)10(18)3-7;10-7-9(6-8(11)12)4-2-1-3-5-9/h3-8,25H,2,9-10H2,1H3;1-6,16-19H;1-7,10H2,(H,11,12)/t20-;;/m0../s1. The number of nitrogens with two attached hydrogens (primary N) is 1. The van der Waals surface area contributed by atoms with E-state index in [4.69, 9.17) is 25.0 Å². The molecule has 9 rings (SSSR count). The van der Waals surface area contributed by atoms with Gasteiger partial charge in [-0.3, -0.25) is 14.4 Å². The number of rotatable bonds is 5. The molecular weight excluding hydrogens is 762 g/mol. The fraction of sp³-hybridized carbons (Fsp3) is 0.295. The van der Waals surface area contributed by atoms with Crippen molar-refractivity contribution in [1.82, 2.24) is 9.55 Å². The van der Waals surface area contributed by atoms with Gasteiger partial charge in [0, 0.05) is 40.3 Å². The quantitative estimate of drug-likeness (QED) is 0.0810. The van der Waals surface area contributed by atoms with E-state index in [0.717, 1.165) is 60.0 Å². The molecule has 59 heavy (non-hydrogen) atoms. The van der Waals surface area contributed by atoms with Crippen LogP contribution in [-0.2, 0) is 33.1 Å². The van der Waals surface area contributed by atoms with Crippen molar-refractivity contribution in [1.29, 1.82) is 0 Å². The zero-order chi connectivity index (χ0) is 42.2. The van der Waals surface area contributed by atoms with E-state index in [-0.39, 0.29) is 70.2 Å². The maximum Gasteiger partial charge on any atom is 0.343 e. The molecular formula is C44H43N3O12. The Hall–Kier alpha value is -6.71. The van der Waals surface area contributed by atoms with Gasteiger partial charge in [-0.2, -0.15) is 0 Å². The second kappa shape index (κ2) is 15.9. The topological polar surface area (TPSA) is 256 Å². The summed E-state index contributed by atoms with van der Waals surface area (Å²) >= 11 is 0. The highest BCUT2D eigenvalue weighted by Crippen LogP contribution is 2.40. The number of hydrogen-bond donors (Lipinski definition) is 7. The first-order valence-corrected chi connectivity index (χ1v) is 19.2. The van der Waals surface area contributed by atoms with Gasteiger partial charge in [0.15, 0.2) is 22.5 Å². The van der Waals surface area contributed by atoms with Crippen LogP contribution in [0.2, 0.25) is 0 Å². The summed E-state index contributed by atoms with van der Waals surface area (Å²) in [5.74, 6) is -2.55. The van der Waals surface area contributed by atoms with Crippen LogP contribution in [0.1, 0.15) is 68.6 Å². The van der Waals surface area contributed by atoms with Crippen LogP contribution in [0.15, 0.2) is 86.8 Å². The van der Waals surface area contributed by atoms with Crippen LogP contribution in [-0.4, -0.2) is 58.7 Å². The van der Waals surface area contributed by atoms with E-state index >= 15 is 0 Å². The van der Waals surface area contributed by atoms with Crippen LogP contribution < -0.4 is 16.7 Å². The number of aromatic nitrogens is 2. The highest BCUT2D eigenvalue weighted by atomic mass is 16.6. The van der Waals surface area contributed by atoms with Gasteiger partial charge in [0.2, 0.25) is 0 Å². The maximum absolute atomic E-state index is 13.0. The summed E-state index contributed by atoms with van der Waals surface area (Å²) in [4.78, 5) is 52.5. The lowest BCUT2D eigenvalue weighted by Crippen LogP contribution is -2.44. The third kappa shape index (κ3) is 7.69. The molecule has 15 nitrogen and oxygen atoms in total. The summed E-state index contributed by atoms with van der Waals surface area (Å²) in [6.07, 6.45) is 5.91. The molecule has 306 valence electrons. The van der Waals surface area contributed by atoms with E-state index in [1.165, 1.54) is 30.7 Å². The molecule has 2 aliphatic heterocycles. The third-order valence-corrected chi connectivity index (χ3v) is 11.3. The summed E-state index contributed by atoms with van der Waals surface area (Å²) in [6.45, 7) is 2.54. The van der Waals surface area contributed by atoms with E-state index < -0.39 is 23.0 Å². The van der Waals surface area contributed by atoms with Gasteiger partial charge in [-0.05, 0) is 67.6 Å². The molecule has 0 saturated heterocycles. The summed E-state index contributed by atoms with van der Waals surface area (Å²) in [6, 6.07) is 18.9. The van der Waals surface area contributed by atoms with E-state index in [1.807, 2.05) is 30.3 Å². The van der Waals surface area contributed by atoms with Crippen LogP contribution in [0, 0.1) is 5.41 Å². The first kappa shape index (κ1) is 40.5. The van der Waals surface area contributed by atoms with Gasteiger partial charge < -0.3 is 50.1 Å². The van der Waals surface area contributed by atoms with E-state index in [1.54, 1.807) is 17.6 Å². The SMILES string of the molecule is CC[C@@]1(O)C(=O)OCc2c1cc1n(c2=O)Cc2cc3ccccc3nc2-1.NCC1(CC(=O)O)CCCCC1.O=c1cc(-c2ccc(O)c(O)c2)oc2cc(O)cc(O)c12. The van der Waals surface area contributed by atoms with Gasteiger partial charge in [-0.15, -0.1) is 0 Å². The number of pyridine rings is 2. The maximum atomic E-state index is 13.0. The molecule has 3 aliphatic rings. The Balaban J connectivity index is 0.000000144. The molecule has 15 heteroatoms. The summed E-state index contributed by atoms with van der Waals surface area (Å²) in [5, 5.41) is 58.4. The summed E-state index contributed by atoms with van der Waals surface area (Å²) < 4.78 is 12.2. The van der Waals surface area contributed by atoms with E-state index in [0.29, 0.717) is 35.5 Å². The Morgan fingerprint density at radius 3 is 2.34 bits per heavy atom. The molecule has 0 spiro atoms. The van der Waals surface area contributed by atoms with Crippen molar-refractivity contribution in [3.63, 3.8) is 0 Å². The van der Waals surface area contributed by atoms with Crippen molar-refractivity contribution in [2.75, 3.05) is 6.54 Å². The van der Waals surface area contributed by atoms with Crippen LogP contribution in [0.3, 0.4) is 0 Å². The van der Waals surface area contributed by atoms with Crippen LogP contribution in [0.5, 0.6) is 23.0 Å². The Morgan fingerprint density at radius 1 is 0.898 bits per heavy atom. The number of carboxylic acid groups (broad SMARTS) is 1. The monoisotopic (exact) mass is 805 g/mol. The average Bonchev–Trinajstić information content (AvgIpc) is 3.57. The van der Waals surface area contributed by atoms with Gasteiger partial charge in [-0.25, -0.2) is 9.78 Å². The Bertz CT molecular complexity index is 2750. The fourth-order valence-electron chi connectivity index (χ4n) is 8.07. The lowest BCUT2D eigenvalue weighted by Gasteiger charge is -2.34. The number of para-hydroxylation sites is 1. The number of phenols is 4. The summed E-state index contributed by atoms with van der Waals surface area (Å²) in [5.41, 5.74) is 7.25. The molecule has 5 heterocycles. The van der Waals surface area contributed by atoms with Gasteiger partial charge in [0.1, 0.15) is 34.8 Å². The molecule has 1 saturated carbocycles. The largest absolute Gasteiger partial charge is 0.508 e. The molecule has 1 atom stereocenters. The highest BCUT2D eigenvalue weighted by molar-refractivity contribution is 5.87. The molecule has 3 aromatic heterocycles. The average molecular weight is 806 g/mol. The number of hydrogen-bond acceptors (Lipinski definition) is 13. The number of carbonyl (C=O) groups excluding carboxylic acids is 1. The second-order valence-electron chi connectivity index (χ2n) is 15.1. The predicted octanol–water partition coefficient (Wildman–Crippen LogP) is 5.73. The number of carboxylic acids is 1. The number of ether oxygens (including phenoxy) is 1. The number of phenolic OH excluding ortho intramolecular Hbond substituents is 4. The third-order valence-electron chi connectivity index (χ3n) is 11.3. The van der Waals surface area contributed by atoms with Crippen LogP contribution >= 0.6 is 0 Å². The van der Waals surface area contributed by atoms with Gasteiger partial charge in [0.05, 0.1) is 35.4 Å². The number of aliphatic carboxylic acids is 1. The van der Waals surface area contributed by atoms with Crippen molar-refractivity contribution < 1.29 is 49.4 Å². The Labute approximate surface area is 336 Å². The van der Waals surface area contributed by atoms with Gasteiger partial charge in [-0.1, -0.05) is 44.4 Å². The summed E-state index contributed by atoms with van der Waals surface area (Å²) in [7, 11) is 0.